The molecule has 0 aliphatic carbocycles. The van der Waals surface area contributed by atoms with Crippen molar-refractivity contribution < 1.29 is 24.5 Å². The molecule has 1 atom stereocenters. The van der Waals surface area contributed by atoms with Crippen molar-refractivity contribution >= 4 is 11.8 Å². The third kappa shape index (κ3) is 3.79. The number of Topliss-reactive ketones (excluding diaryl/α,β-unsaturated/α-hetero) is 1. The molecule has 0 saturated heterocycles. The Kier molecular flexibility index (Phi) is 5.93. The van der Waals surface area contributed by atoms with Crippen molar-refractivity contribution in [3.05, 3.63) is 0 Å². The number of hydrogen-bond donors (Lipinski definition) is 2. The van der Waals surface area contributed by atoms with E-state index in [9.17, 15) is 19.8 Å². The van der Waals surface area contributed by atoms with Crippen LogP contribution in [0.2, 0.25) is 0 Å². The number of ether oxygens (including phenoxy) is 1. The number of rotatable bonds is 5. The van der Waals surface area contributed by atoms with E-state index >= 15 is 0 Å². The molecule has 2 N–H and O–H groups in total. The third-order valence-corrected chi connectivity index (χ3v) is 3.50. The van der Waals surface area contributed by atoms with E-state index in [1.165, 1.54) is 0 Å². The van der Waals surface area contributed by atoms with Gasteiger partial charge in [-0.3, -0.25) is 9.59 Å². The minimum absolute atomic E-state index is 0.183. The van der Waals surface area contributed by atoms with Crippen LogP contribution in [0.3, 0.4) is 0 Å². The zero-order valence-corrected chi connectivity index (χ0v) is 13.6. The van der Waals surface area contributed by atoms with E-state index in [2.05, 4.69) is 0 Å². The fourth-order valence-electron chi connectivity index (χ4n) is 2.58. The van der Waals surface area contributed by atoms with Crippen molar-refractivity contribution in [3.63, 3.8) is 0 Å². The lowest BCUT2D eigenvalue weighted by molar-refractivity contribution is -0.181. The van der Waals surface area contributed by atoms with Crippen molar-refractivity contribution in [3.8, 4) is 0 Å². The normalized spacial score (nSPS) is 14.8. The summed E-state index contributed by atoms with van der Waals surface area (Å²) in [5.74, 6) is -1.40. The highest BCUT2D eigenvalue weighted by Gasteiger charge is 2.56. The number of esters is 1. The summed E-state index contributed by atoms with van der Waals surface area (Å²) in [6.07, 6.45) is -2.02. The number of aliphatic hydroxyl groups is 2. The van der Waals surface area contributed by atoms with Gasteiger partial charge in [0.2, 0.25) is 0 Å². The van der Waals surface area contributed by atoms with Crippen molar-refractivity contribution in [2.45, 2.75) is 66.6 Å². The Labute approximate surface area is 121 Å². The first-order valence-electron chi connectivity index (χ1n) is 6.89. The first-order valence-corrected chi connectivity index (χ1v) is 6.89. The van der Waals surface area contributed by atoms with Crippen LogP contribution in [0.4, 0.5) is 0 Å². The van der Waals surface area contributed by atoms with Crippen molar-refractivity contribution in [2.24, 2.45) is 10.8 Å². The average Bonchev–Trinajstić information content (AvgIpc) is 2.23. The van der Waals surface area contributed by atoms with Crippen LogP contribution in [0.25, 0.3) is 0 Å². The third-order valence-electron chi connectivity index (χ3n) is 3.50. The van der Waals surface area contributed by atoms with Gasteiger partial charge in [0.05, 0.1) is 13.0 Å². The molecule has 1 unspecified atom stereocenters. The van der Waals surface area contributed by atoms with Crippen molar-refractivity contribution in [1.29, 1.82) is 0 Å². The van der Waals surface area contributed by atoms with Crippen LogP contribution in [0.5, 0.6) is 0 Å². The molecule has 0 heterocycles. The van der Waals surface area contributed by atoms with E-state index in [-0.39, 0.29) is 6.61 Å². The SMILES string of the molecule is CCOC(=O)CC(O)C(=O)C(O)(C(C)(C)C)C(C)(C)C. The van der Waals surface area contributed by atoms with Gasteiger partial charge in [-0.05, 0) is 17.8 Å². The number of ketones is 1. The highest BCUT2D eigenvalue weighted by molar-refractivity contribution is 5.94. The lowest BCUT2D eigenvalue weighted by Crippen LogP contribution is -2.62. The van der Waals surface area contributed by atoms with Crippen molar-refractivity contribution in [1.82, 2.24) is 0 Å². The number of carbonyl (C=O) groups is 2. The van der Waals surface area contributed by atoms with E-state index in [0.717, 1.165) is 0 Å². The molecule has 118 valence electrons. The summed E-state index contributed by atoms with van der Waals surface area (Å²) in [5, 5.41) is 20.9. The molecule has 0 amide bonds. The zero-order valence-electron chi connectivity index (χ0n) is 13.6. The Morgan fingerprint density at radius 1 is 1.05 bits per heavy atom. The van der Waals surface area contributed by atoms with Crippen LogP contribution >= 0.6 is 0 Å². The molecule has 0 aliphatic rings. The lowest BCUT2D eigenvalue weighted by atomic mass is 9.59. The molecule has 5 heteroatoms. The second kappa shape index (κ2) is 6.22. The lowest BCUT2D eigenvalue weighted by Gasteiger charge is -2.48. The minimum Gasteiger partial charge on any atom is -0.466 e. The predicted octanol–water partition coefficient (Wildman–Crippen LogP) is 1.69. The topological polar surface area (TPSA) is 83.8 Å². The molecule has 0 rings (SSSR count). The standard InChI is InChI=1S/C15H28O5/c1-8-20-11(17)9-10(16)12(18)15(19,13(2,3)4)14(5,6)7/h10,16,19H,8-9H2,1-7H3. The molecular formula is C15H28O5. The molecule has 0 aromatic carbocycles. The number of hydrogen-bond acceptors (Lipinski definition) is 5. The maximum atomic E-state index is 12.5. The molecule has 20 heavy (non-hydrogen) atoms. The molecule has 0 aromatic heterocycles. The van der Waals surface area contributed by atoms with Gasteiger partial charge in [0, 0.05) is 0 Å². The molecule has 0 spiro atoms. The van der Waals surface area contributed by atoms with Crippen LogP contribution in [0.1, 0.15) is 54.9 Å². The summed E-state index contributed by atoms with van der Waals surface area (Å²) in [6.45, 7) is 12.2. The first-order chi connectivity index (χ1) is 8.79. The molecule has 0 fully saturated rings. The van der Waals surface area contributed by atoms with Gasteiger partial charge >= 0.3 is 5.97 Å². The predicted molar refractivity (Wildman–Crippen MR) is 76.1 cm³/mol. The van der Waals surface area contributed by atoms with Crippen LogP contribution in [0, 0.1) is 10.8 Å². The minimum atomic E-state index is -1.76. The van der Waals surface area contributed by atoms with Gasteiger partial charge in [0.1, 0.15) is 11.7 Å². The molecule has 0 aliphatic heterocycles. The summed E-state index contributed by atoms with van der Waals surface area (Å²) in [4.78, 5) is 23.9. The van der Waals surface area contributed by atoms with Crippen LogP contribution in [0.15, 0.2) is 0 Å². The smallest absolute Gasteiger partial charge is 0.308 e. The molecule has 0 radical (unpaired) electrons. The summed E-state index contributed by atoms with van der Waals surface area (Å²) in [5.41, 5.74) is -3.32. The quantitative estimate of drug-likeness (QED) is 0.752. The highest BCUT2D eigenvalue weighted by Crippen LogP contribution is 2.45. The Morgan fingerprint density at radius 3 is 1.75 bits per heavy atom. The number of carbonyl (C=O) groups excluding carboxylic acids is 2. The summed E-state index contributed by atoms with van der Waals surface area (Å²) in [7, 11) is 0. The van der Waals surface area contributed by atoms with Gasteiger partial charge in [-0.1, -0.05) is 41.5 Å². The number of aliphatic hydroxyl groups excluding tert-OH is 1. The maximum Gasteiger partial charge on any atom is 0.308 e. The molecule has 0 bridgehead atoms. The molecule has 0 saturated carbocycles. The highest BCUT2D eigenvalue weighted by atomic mass is 16.5. The van der Waals surface area contributed by atoms with Crippen LogP contribution < -0.4 is 0 Å². The Hall–Kier alpha value is -0.940. The summed E-state index contributed by atoms with van der Waals surface area (Å²) < 4.78 is 4.71. The van der Waals surface area contributed by atoms with Gasteiger partial charge in [-0.2, -0.15) is 0 Å². The summed E-state index contributed by atoms with van der Waals surface area (Å²) >= 11 is 0. The van der Waals surface area contributed by atoms with E-state index in [4.69, 9.17) is 4.74 Å². The van der Waals surface area contributed by atoms with Crippen LogP contribution in [-0.4, -0.2) is 40.3 Å². The van der Waals surface area contributed by atoms with Gasteiger partial charge in [0.15, 0.2) is 5.78 Å². The van der Waals surface area contributed by atoms with E-state index in [1.54, 1.807) is 48.5 Å². The molecular weight excluding hydrogens is 260 g/mol. The Balaban J connectivity index is 5.34. The molecule has 5 nitrogen and oxygen atoms in total. The summed E-state index contributed by atoms with van der Waals surface area (Å²) in [6, 6.07) is 0. The Morgan fingerprint density at radius 2 is 1.45 bits per heavy atom. The second-order valence-corrected chi connectivity index (χ2v) is 7.10. The maximum absolute atomic E-state index is 12.5. The van der Waals surface area contributed by atoms with Gasteiger partial charge in [0.25, 0.3) is 0 Å². The van der Waals surface area contributed by atoms with E-state index in [0.29, 0.717) is 0 Å². The largest absolute Gasteiger partial charge is 0.466 e. The fraction of sp³-hybridized carbons (Fsp3) is 0.867. The van der Waals surface area contributed by atoms with E-state index in [1.807, 2.05) is 0 Å². The monoisotopic (exact) mass is 288 g/mol. The Bertz CT molecular complexity index is 345. The zero-order chi connectivity index (χ0) is 16.4. The fourth-order valence-corrected chi connectivity index (χ4v) is 2.58. The molecule has 0 aromatic rings. The van der Waals surface area contributed by atoms with Gasteiger partial charge < -0.3 is 14.9 Å². The van der Waals surface area contributed by atoms with Gasteiger partial charge in [-0.15, -0.1) is 0 Å². The average molecular weight is 288 g/mol. The van der Waals surface area contributed by atoms with Crippen LogP contribution in [-0.2, 0) is 14.3 Å². The first kappa shape index (κ1) is 19.1. The van der Waals surface area contributed by atoms with Gasteiger partial charge in [-0.25, -0.2) is 0 Å². The van der Waals surface area contributed by atoms with Crippen molar-refractivity contribution in [2.75, 3.05) is 6.61 Å². The van der Waals surface area contributed by atoms with E-state index < -0.39 is 40.7 Å². The second-order valence-electron chi connectivity index (χ2n) is 7.10.